The number of unbranched alkanes of at least 4 members (excludes halogenated alkanes) is 14. The molecule has 0 saturated carbocycles. The first-order chi connectivity index (χ1) is 15.1. The highest BCUT2D eigenvalue weighted by Crippen LogP contribution is 2.43. The molecular formula is C23H46BrO6P. The van der Waals surface area contributed by atoms with Crippen LogP contribution in [0, 0.1) is 0 Å². The summed E-state index contributed by atoms with van der Waals surface area (Å²) in [5, 5.41) is 0.477. The molecule has 0 aliphatic carbocycles. The van der Waals surface area contributed by atoms with Crippen LogP contribution < -0.4 is 0 Å². The second-order valence-corrected chi connectivity index (χ2v) is 10.8. The van der Waals surface area contributed by atoms with Gasteiger partial charge in [0.25, 0.3) is 0 Å². The summed E-state index contributed by atoms with van der Waals surface area (Å²) in [5.41, 5.74) is 0. The first kappa shape index (κ1) is 29.5. The van der Waals surface area contributed by atoms with Crippen LogP contribution in [0.15, 0.2) is 0 Å². The summed E-state index contributed by atoms with van der Waals surface area (Å²) in [6.45, 7) is 2.79. The first-order valence-corrected chi connectivity index (χ1v) is 15.1. The summed E-state index contributed by atoms with van der Waals surface area (Å²) < 4.78 is 32.7. The zero-order valence-corrected chi connectivity index (χ0v) is 22.1. The second kappa shape index (κ2) is 19.9. The lowest BCUT2D eigenvalue weighted by molar-refractivity contribution is -0.0701. The summed E-state index contributed by atoms with van der Waals surface area (Å²) in [7, 11) is -4.00. The van der Waals surface area contributed by atoms with Crippen molar-refractivity contribution in [2.45, 2.75) is 122 Å². The lowest BCUT2D eigenvalue weighted by atomic mass is 10.0. The van der Waals surface area contributed by atoms with Crippen molar-refractivity contribution < 1.29 is 28.0 Å². The summed E-state index contributed by atoms with van der Waals surface area (Å²) >= 11 is 3.14. The Kier molecular flexibility index (Phi) is 19.0. The molecule has 0 aromatic carbocycles. The molecule has 1 N–H and O–H groups in total. The van der Waals surface area contributed by atoms with E-state index < -0.39 is 7.82 Å². The van der Waals surface area contributed by atoms with Gasteiger partial charge in [-0.05, 0) is 12.8 Å². The molecule has 0 radical (unpaired) electrons. The van der Waals surface area contributed by atoms with Crippen molar-refractivity contribution in [3.05, 3.63) is 0 Å². The van der Waals surface area contributed by atoms with E-state index in [4.69, 9.17) is 18.5 Å². The maximum absolute atomic E-state index is 11.6. The molecule has 1 fully saturated rings. The number of halogens is 1. The van der Waals surface area contributed by atoms with Crippen molar-refractivity contribution in [2.24, 2.45) is 0 Å². The van der Waals surface area contributed by atoms with Crippen molar-refractivity contribution in [1.29, 1.82) is 0 Å². The van der Waals surface area contributed by atoms with Gasteiger partial charge in [-0.3, -0.25) is 9.05 Å². The largest absolute Gasteiger partial charge is 0.472 e. The minimum atomic E-state index is -4.00. The first-order valence-electron chi connectivity index (χ1n) is 12.5. The van der Waals surface area contributed by atoms with Gasteiger partial charge in [0.2, 0.25) is 0 Å². The zero-order valence-electron chi connectivity index (χ0n) is 19.6. The number of phosphoric ester groups is 1. The molecular weight excluding hydrogens is 483 g/mol. The molecule has 1 aliphatic rings. The fraction of sp³-hybridized carbons (Fsp3) is 1.00. The Balaban J connectivity index is 1.84. The van der Waals surface area contributed by atoms with Crippen LogP contribution in [0.5, 0.6) is 0 Å². The molecule has 0 spiro atoms. The van der Waals surface area contributed by atoms with E-state index in [0.29, 0.717) is 11.9 Å². The molecule has 0 aromatic heterocycles. The van der Waals surface area contributed by atoms with Crippen LogP contribution in [-0.2, 0) is 23.1 Å². The molecule has 0 aromatic rings. The summed E-state index contributed by atoms with van der Waals surface area (Å²) in [4.78, 5) is 9.52. The van der Waals surface area contributed by atoms with Crippen LogP contribution in [0.4, 0.5) is 0 Å². The summed E-state index contributed by atoms with van der Waals surface area (Å²) in [6, 6.07) is 0. The Morgan fingerprint density at radius 3 is 1.90 bits per heavy atom. The van der Waals surface area contributed by atoms with Gasteiger partial charge in [-0.25, -0.2) is 4.57 Å². The lowest BCUT2D eigenvalue weighted by Crippen LogP contribution is -2.18. The van der Waals surface area contributed by atoms with Crippen molar-refractivity contribution in [3.8, 4) is 0 Å². The van der Waals surface area contributed by atoms with E-state index in [1.54, 1.807) is 0 Å². The molecule has 186 valence electrons. The fourth-order valence-corrected chi connectivity index (χ4v) is 4.96. The van der Waals surface area contributed by atoms with Crippen molar-refractivity contribution in [2.75, 3.05) is 25.2 Å². The van der Waals surface area contributed by atoms with E-state index in [1.807, 2.05) is 0 Å². The SMILES string of the molecule is CCCCCCCCCCCCCCCCCC1OCC(COP(=O)(O)OCCBr)O1. The van der Waals surface area contributed by atoms with Crippen LogP contribution in [0.2, 0.25) is 0 Å². The second-order valence-electron chi connectivity index (χ2n) is 8.55. The van der Waals surface area contributed by atoms with Gasteiger partial charge in [0, 0.05) is 5.33 Å². The van der Waals surface area contributed by atoms with E-state index in [9.17, 15) is 9.46 Å². The molecule has 1 rings (SSSR count). The molecule has 6 nitrogen and oxygen atoms in total. The van der Waals surface area contributed by atoms with Crippen molar-refractivity contribution >= 4 is 23.8 Å². The summed E-state index contributed by atoms with van der Waals surface area (Å²) in [5.74, 6) is 0. The molecule has 0 bridgehead atoms. The molecule has 8 heteroatoms. The van der Waals surface area contributed by atoms with Gasteiger partial charge in [-0.2, -0.15) is 0 Å². The Morgan fingerprint density at radius 2 is 1.39 bits per heavy atom. The van der Waals surface area contributed by atoms with Crippen LogP contribution in [0.25, 0.3) is 0 Å². The molecule has 0 amide bonds. The quantitative estimate of drug-likeness (QED) is 0.0889. The number of alkyl halides is 1. The van der Waals surface area contributed by atoms with Gasteiger partial charge >= 0.3 is 7.82 Å². The normalized spacial score (nSPS) is 20.9. The molecule has 1 saturated heterocycles. The summed E-state index contributed by atoms with van der Waals surface area (Å²) in [6.07, 6.45) is 20.6. The number of hydrogen-bond donors (Lipinski definition) is 1. The molecule has 3 atom stereocenters. The Hall–Kier alpha value is 0.510. The van der Waals surface area contributed by atoms with E-state index in [-0.39, 0.29) is 25.6 Å². The monoisotopic (exact) mass is 528 g/mol. The zero-order chi connectivity index (χ0) is 22.6. The van der Waals surface area contributed by atoms with E-state index in [2.05, 4.69) is 22.9 Å². The van der Waals surface area contributed by atoms with Crippen LogP contribution in [0.1, 0.15) is 110 Å². The van der Waals surface area contributed by atoms with E-state index in [0.717, 1.165) is 12.8 Å². The van der Waals surface area contributed by atoms with Crippen molar-refractivity contribution in [3.63, 3.8) is 0 Å². The predicted molar refractivity (Wildman–Crippen MR) is 130 cm³/mol. The van der Waals surface area contributed by atoms with Crippen LogP contribution in [-0.4, -0.2) is 42.4 Å². The van der Waals surface area contributed by atoms with Gasteiger partial charge in [-0.15, -0.1) is 0 Å². The maximum Gasteiger partial charge on any atom is 0.472 e. The van der Waals surface area contributed by atoms with Gasteiger partial charge < -0.3 is 14.4 Å². The smallest absolute Gasteiger partial charge is 0.350 e. The number of rotatable bonds is 22. The minimum absolute atomic E-state index is 0.00538. The number of hydrogen-bond acceptors (Lipinski definition) is 5. The van der Waals surface area contributed by atoms with Gasteiger partial charge in [0.15, 0.2) is 6.29 Å². The molecule has 3 unspecified atom stereocenters. The van der Waals surface area contributed by atoms with Crippen LogP contribution >= 0.6 is 23.8 Å². The van der Waals surface area contributed by atoms with Gasteiger partial charge in [0.1, 0.15) is 6.10 Å². The van der Waals surface area contributed by atoms with E-state index in [1.165, 1.54) is 89.9 Å². The highest BCUT2D eigenvalue weighted by atomic mass is 79.9. The number of ether oxygens (including phenoxy) is 2. The molecule has 31 heavy (non-hydrogen) atoms. The predicted octanol–water partition coefficient (Wildman–Crippen LogP) is 7.52. The third kappa shape index (κ3) is 17.6. The van der Waals surface area contributed by atoms with Crippen LogP contribution in [0.3, 0.4) is 0 Å². The average Bonchev–Trinajstić information content (AvgIpc) is 3.21. The van der Waals surface area contributed by atoms with Gasteiger partial charge in [0.05, 0.1) is 19.8 Å². The minimum Gasteiger partial charge on any atom is -0.350 e. The fourth-order valence-electron chi connectivity index (χ4n) is 3.79. The molecule has 1 heterocycles. The Morgan fingerprint density at radius 1 is 0.871 bits per heavy atom. The average molecular weight is 529 g/mol. The standard InChI is InChI=1S/C23H46BrO6P/c1-2-3-4-5-6-7-8-9-10-11-12-13-14-15-16-17-23-27-20-22(30-23)21-29-31(25,26)28-19-18-24/h22-23H,2-21H2,1H3,(H,25,26). The third-order valence-corrected chi connectivity index (χ3v) is 6.92. The van der Waals surface area contributed by atoms with E-state index >= 15 is 0 Å². The highest BCUT2D eigenvalue weighted by molar-refractivity contribution is 9.09. The molecule has 1 aliphatic heterocycles. The lowest BCUT2D eigenvalue weighted by Gasteiger charge is -2.14. The highest BCUT2D eigenvalue weighted by Gasteiger charge is 2.29. The topological polar surface area (TPSA) is 74.2 Å². The van der Waals surface area contributed by atoms with Gasteiger partial charge in [-0.1, -0.05) is 113 Å². The Labute approximate surface area is 198 Å². The Bertz CT molecular complexity index is 454. The maximum atomic E-state index is 11.6. The number of phosphoric acid groups is 1. The third-order valence-electron chi connectivity index (χ3n) is 5.61. The van der Waals surface area contributed by atoms with Crippen molar-refractivity contribution in [1.82, 2.24) is 0 Å².